The number of nitrogens with one attached hydrogen (secondary N) is 2. The fraction of sp³-hybridized carbons (Fsp3) is 0.200. The van der Waals surface area contributed by atoms with E-state index < -0.39 is 0 Å². The number of aromatic nitrogens is 2. The maximum Gasteiger partial charge on any atom is 0.237 e. The van der Waals surface area contributed by atoms with E-state index in [1.54, 1.807) is 24.3 Å². The molecule has 0 radical (unpaired) electrons. The van der Waals surface area contributed by atoms with Crippen molar-refractivity contribution in [1.82, 2.24) is 10.2 Å². The number of hydrogen-bond donors (Lipinski definition) is 2. The summed E-state index contributed by atoms with van der Waals surface area (Å²) in [5.41, 5.74) is 4.44. The van der Waals surface area contributed by atoms with Crippen LogP contribution in [0.3, 0.4) is 0 Å². The monoisotopic (exact) mass is 409 g/mol. The average Bonchev–Trinajstić information content (AvgIpc) is 3.11. The normalized spacial score (nSPS) is 11.5. The van der Waals surface area contributed by atoms with Gasteiger partial charge in [0.25, 0.3) is 0 Å². The molecule has 0 saturated carbocycles. The van der Waals surface area contributed by atoms with E-state index in [0.717, 1.165) is 11.3 Å². The molecule has 6 nitrogen and oxygen atoms in total. The first-order valence-electron chi connectivity index (χ1n) is 8.60. The van der Waals surface area contributed by atoms with Crippen molar-refractivity contribution in [2.75, 3.05) is 10.6 Å². The molecule has 0 bridgehead atoms. The molecule has 0 aliphatic heterocycles. The second-order valence-corrected chi connectivity index (χ2v) is 8.82. The van der Waals surface area contributed by atoms with Gasteiger partial charge in [-0.3, -0.25) is 4.79 Å². The van der Waals surface area contributed by atoms with Crippen LogP contribution in [0.4, 0.5) is 16.5 Å². The number of amides is 1. The highest BCUT2D eigenvalue weighted by Crippen LogP contribution is 2.31. The Morgan fingerprint density at radius 2 is 2.04 bits per heavy atom. The fourth-order valence-corrected chi connectivity index (χ4v) is 4.40. The number of hydrogen-bond acceptors (Lipinski definition) is 7. The van der Waals surface area contributed by atoms with Crippen molar-refractivity contribution < 1.29 is 4.79 Å². The van der Waals surface area contributed by atoms with E-state index >= 15 is 0 Å². The standard InChI is InChI=1S/C20H19N5OS2/c1-12-7-8-17(13(2)9-12)23-19-24-25-20(28-19)27-14(3)18(26)22-16-6-4-5-15(10-16)11-21/h4-10,14H,1-3H3,(H,22,26)(H,23,24)/t14-/m0/s1. The van der Waals surface area contributed by atoms with E-state index in [1.165, 1.54) is 28.7 Å². The second-order valence-electron chi connectivity index (χ2n) is 6.26. The zero-order valence-corrected chi connectivity index (χ0v) is 17.3. The topological polar surface area (TPSA) is 90.7 Å². The van der Waals surface area contributed by atoms with Crippen LogP contribution in [0, 0.1) is 25.2 Å². The Morgan fingerprint density at radius 3 is 2.79 bits per heavy atom. The summed E-state index contributed by atoms with van der Waals surface area (Å²) in [6, 6.07) is 15.1. The van der Waals surface area contributed by atoms with E-state index in [2.05, 4.69) is 39.9 Å². The quantitative estimate of drug-likeness (QED) is 0.563. The number of nitrogens with zero attached hydrogens (tertiary/aromatic N) is 3. The number of anilines is 3. The number of benzene rings is 2. The molecular weight excluding hydrogens is 390 g/mol. The Labute approximate surface area is 172 Å². The Bertz CT molecular complexity index is 1040. The maximum absolute atomic E-state index is 12.4. The van der Waals surface area contributed by atoms with Crippen LogP contribution in [0.15, 0.2) is 46.8 Å². The molecule has 0 aliphatic carbocycles. The highest BCUT2D eigenvalue weighted by molar-refractivity contribution is 8.02. The van der Waals surface area contributed by atoms with Gasteiger partial charge in [0, 0.05) is 11.4 Å². The molecule has 0 fully saturated rings. The lowest BCUT2D eigenvalue weighted by molar-refractivity contribution is -0.115. The first kappa shape index (κ1) is 19.9. The molecule has 3 rings (SSSR count). The second kappa shape index (κ2) is 8.87. The third kappa shape index (κ3) is 5.09. The first-order valence-corrected chi connectivity index (χ1v) is 10.3. The smallest absolute Gasteiger partial charge is 0.237 e. The van der Waals surface area contributed by atoms with Crippen molar-refractivity contribution in [3.63, 3.8) is 0 Å². The van der Waals surface area contributed by atoms with Gasteiger partial charge in [0.2, 0.25) is 11.0 Å². The van der Waals surface area contributed by atoms with Crippen LogP contribution in [0.5, 0.6) is 0 Å². The summed E-state index contributed by atoms with van der Waals surface area (Å²) >= 11 is 2.75. The van der Waals surface area contributed by atoms with E-state index in [9.17, 15) is 4.79 Å². The van der Waals surface area contributed by atoms with Crippen molar-refractivity contribution in [2.45, 2.75) is 30.4 Å². The molecule has 0 saturated heterocycles. The van der Waals surface area contributed by atoms with Gasteiger partial charge >= 0.3 is 0 Å². The minimum Gasteiger partial charge on any atom is -0.330 e. The molecule has 0 unspecified atom stereocenters. The van der Waals surface area contributed by atoms with Crippen molar-refractivity contribution in [1.29, 1.82) is 5.26 Å². The Balaban J connectivity index is 1.60. The zero-order chi connectivity index (χ0) is 20.1. The highest BCUT2D eigenvalue weighted by atomic mass is 32.2. The van der Waals surface area contributed by atoms with E-state index in [-0.39, 0.29) is 11.2 Å². The summed E-state index contributed by atoms with van der Waals surface area (Å²) in [5.74, 6) is -0.154. The number of thioether (sulfide) groups is 1. The lowest BCUT2D eigenvalue weighted by atomic mass is 10.1. The maximum atomic E-state index is 12.4. The van der Waals surface area contributed by atoms with E-state index in [0.29, 0.717) is 20.7 Å². The summed E-state index contributed by atoms with van der Waals surface area (Å²) in [5, 5.41) is 23.7. The number of carbonyl (C=O) groups is 1. The van der Waals surface area contributed by atoms with Crippen LogP contribution in [-0.4, -0.2) is 21.4 Å². The summed E-state index contributed by atoms with van der Waals surface area (Å²) in [6.45, 7) is 5.91. The third-order valence-corrected chi connectivity index (χ3v) is 5.96. The largest absolute Gasteiger partial charge is 0.330 e. The summed E-state index contributed by atoms with van der Waals surface area (Å²) < 4.78 is 0.709. The molecule has 2 aromatic carbocycles. The van der Waals surface area contributed by atoms with Crippen molar-refractivity contribution in [3.8, 4) is 6.07 Å². The molecule has 1 atom stereocenters. The van der Waals surface area contributed by atoms with Crippen LogP contribution in [0.2, 0.25) is 0 Å². The van der Waals surface area contributed by atoms with Gasteiger partial charge in [-0.2, -0.15) is 5.26 Å². The summed E-state index contributed by atoms with van der Waals surface area (Å²) in [6.07, 6.45) is 0. The van der Waals surface area contributed by atoms with Gasteiger partial charge in [-0.05, 0) is 50.6 Å². The highest BCUT2D eigenvalue weighted by Gasteiger charge is 2.18. The molecule has 1 aromatic heterocycles. The zero-order valence-electron chi connectivity index (χ0n) is 15.7. The van der Waals surface area contributed by atoms with Crippen LogP contribution in [0.1, 0.15) is 23.6 Å². The van der Waals surface area contributed by atoms with Gasteiger partial charge in [-0.25, -0.2) is 0 Å². The van der Waals surface area contributed by atoms with Gasteiger partial charge in [0.05, 0.1) is 16.9 Å². The van der Waals surface area contributed by atoms with Gasteiger partial charge in [0.15, 0.2) is 4.34 Å². The predicted molar refractivity (Wildman–Crippen MR) is 114 cm³/mol. The molecule has 1 heterocycles. The predicted octanol–water partition coefficient (Wildman–Crippen LogP) is 4.89. The molecule has 2 N–H and O–H groups in total. The van der Waals surface area contributed by atoms with Crippen LogP contribution >= 0.6 is 23.1 Å². The van der Waals surface area contributed by atoms with Gasteiger partial charge < -0.3 is 10.6 Å². The van der Waals surface area contributed by atoms with Crippen LogP contribution in [0.25, 0.3) is 0 Å². The lowest BCUT2D eigenvalue weighted by Crippen LogP contribution is -2.22. The van der Waals surface area contributed by atoms with Gasteiger partial charge in [-0.15, -0.1) is 10.2 Å². The first-order chi connectivity index (χ1) is 13.4. The minimum atomic E-state index is -0.354. The molecule has 1 amide bonds. The summed E-state index contributed by atoms with van der Waals surface area (Å²) in [7, 11) is 0. The van der Waals surface area contributed by atoms with Crippen LogP contribution in [-0.2, 0) is 4.79 Å². The molecule has 8 heteroatoms. The Kier molecular flexibility index (Phi) is 6.29. The van der Waals surface area contributed by atoms with Crippen molar-refractivity contribution >= 4 is 45.5 Å². The Hall–Kier alpha value is -2.89. The van der Waals surface area contributed by atoms with E-state index in [4.69, 9.17) is 5.26 Å². The number of aryl methyl sites for hydroxylation is 2. The molecule has 0 aliphatic rings. The molecule has 28 heavy (non-hydrogen) atoms. The van der Waals surface area contributed by atoms with Crippen LogP contribution < -0.4 is 10.6 Å². The lowest BCUT2D eigenvalue weighted by Gasteiger charge is -2.10. The fourth-order valence-electron chi connectivity index (χ4n) is 2.49. The van der Waals surface area contributed by atoms with Gasteiger partial charge in [0.1, 0.15) is 0 Å². The SMILES string of the molecule is Cc1ccc(Nc2nnc(S[C@@H](C)C(=O)Nc3cccc(C#N)c3)s2)c(C)c1. The number of carbonyl (C=O) groups excluding carboxylic acids is 1. The molecule has 142 valence electrons. The third-order valence-electron chi connectivity index (χ3n) is 3.94. The average molecular weight is 410 g/mol. The van der Waals surface area contributed by atoms with E-state index in [1.807, 2.05) is 26.0 Å². The minimum absolute atomic E-state index is 0.154. The number of rotatable bonds is 6. The van der Waals surface area contributed by atoms with Gasteiger partial charge in [-0.1, -0.05) is 46.9 Å². The molecule has 0 spiro atoms. The summed E-state index contributed by atoms with van der Waals surface area (Å²) in [4.78, 5) is 12.4. The Morgan fingerprint density at radius 1 is 1.21 bits per heavy atom. The number of nitriles is 1. The van der Waals surface area contributed by atoms with Crippen molar-refractivity contribution in [2.24, 2.45) is 0 Å². The molecular formula is C20H19N5OS2. The van der Waals surface area contributed by atoms with Crippen molar-refractivity contribution in [3.05, 3.63) is 59.2 Å². The molecule has 3 aromatic rings.